The molecule has 0 bridgehead atoms. The second kappa shape index (κ2) is 10.3. The molecule has 2 aliphatic rings. The maximum Gasteiger partial charge on any atom is 0.310 e. The lowest BCUT2D eigenvalue weighted by Gasteiger charge is -2.41. The number of carbonyl (C=O) groups excluding carboxylic acids is 2. The van der Waals surface area contributed by atoms with Crippen molar-refractivity contribution < 1.29 is 37.8 Å². The van der Waals surface area contributed by atoms with Crippen molar-refractivity contribution in [2.45, 2.75) is 81.8 Å². The SMILES string of the molecule is Cc1ccncc1C(C(=O)NC1CCC(F)(F)CC1)N(C(=O)[C@H]1CC(C)(C)CN1C#N)c1ccc(S(F)(F)(F)(F)F)cc1. The summed E-state index contributed by atoms with van der Waals surface area (Å²) < 4.78 is 95.3. The van der Waals surface area contributed by atoms with Gasteiger partial charge in [-0.25, -0.2) is 8.78 Å². The standard InChI is InChI=1S/C28H32F7N5O2S/c1-18-10-13-37-15-22(18)24(25(41)38-19-8-11-28(29,30)12-9-19)40(26(42)23-14-27(2,3)16-39(23)17-36)20-4-6-21(7-5-20)43(31,32,33,34)35/h4-7,10,13,15,19,23-24H,8-9,11-12,14,16H2,1-3H3,(H,38,41)/t23-,24?/m1/s1. The van der Waals surface area contributed by atoms with Crippen molar-refractivity contribution in [3.8, 4) is 6.19 Å². The number of carbonyl (C=O) groups is 2. The summed E-state index contributed by atoms with van der Waals surface area (Å²) in [4.78, 5) is 32.2. The Morgan fingerprint density at radius 3 is 2.23 bits per heavy atom. The highest BCUT2D eigenvalue weighted by Gasteiger charge is 2.65. The predicted molar refractivity (Wildman–Crippen MR) is 147 cm³/mol. The summed E-state index contributed by atoms with van der Waals surface area (Å²) in [5.41, 5.74) is -0.192. The van der Waals surface area contributed by atoms with Crippen molar-refractivity contribution in [1.29, 1.82) is 5.26 Å². The molecule has 2 aromatic rings. The van der Waals surface area contributed by atoms with Gasteiger partial charge in [0.15, 0.2) is 6.19 Å². The number of hydrogen-bond donors (Lipinski definition) is 1. The van der Waals surface area contributed by atoms with E-state index in [9.17, 15) is 43.1 Å². The van der Waals surface area contributed by atoms with E-state index in [4.69, 9.17) is 0 Å². The molecular formula is C28H32F7N5O2S. The van der Waals surface area contributed by atoms with Gasteiger partial charge >= 0.3 is 10.2 Å². The molecule has 15 heteroatoms. The molecule has 1 aliphatic carbocycles. The van der Waals surface area contributed by atoms with Crippen molar-refractivity contribution >= 4 is 27.7 Å². The lowest BCUT2D eigenvalue weighted by molar-refractivity contribution is -0.129. The first-order valence-electron chi connectivity index (χ1n) is 13.5. The molecule has 43 heavy (non-hydrogen) atoms. The van der Waals surface area contributed by atoms with Gasteiger partial charge < -0.3 is 5.32 Å². The lowest BCUT2D eigenvalue weighted by Crippen LogP contribution is -2.52. The maximum atomic E-state index is 14.3. The lowest BCUT2D eigenvalue weighted by atomic mass is 9.89. The molecule has 0 radical (unpaired) electrons. The highest BCUT2D eigenvalue weighted by atomic mass is 32.5. The molecule has 1 N–H and O–H groups in total. The third-order valence-electron chi connectivity index (χ3n) is 7.88. The van der Waals surface area contributed by atoms with Crippen LogP contribution >= 0.6 is 10.2 Å². The average Bonchev–Trinajstić information content (AvgIpc) is 3.22. The van der Waals surface area contributed by atoms with Crippen molar-refractivity contribution in [3.05, 3.63) is 53.9 Å². The fraction of sp³-hybridized carbons (Fsp3) is 0.500. The second-order valence-electron chi connectivity index (χ2n) is 12.1. The Morgan fingerprint density at radius 1 is 1.09 bits per heavy atom. The highest BCUT2D eigenvalue weighted by Crippen LogP contribution is 3.02. The average molecular weight is 636 g/mol. The van der Waals surface area contributed by atoms with Gasteiger partial charge in [-0.1, -0.05) is 33.3 Å². The fourth-order valence-corrected chi connectivity index (χ4v) is 6.30. The number of aromatic nitrogens is 1. The van der Waals surface area contributed by atoms with Gasteiger partial charge in [0.05, 0.1) is 0 Å². The van der Waals surface area contributed by atoms with Crippen LogP contribution in [0.3, 0.4) is 0 Å². The van der Waals surface area contributed by atoms with E-state index in [-0.39, 0.29) is 49.2 Å². The van der Waals surface area contributed by atoms with Crippen LogP contribution in [0, 0.1) is 23.8 Å². The largest absolute Gasteiger partial charge is 0.351 e. The molecule has 1 aliphatic heterocycles. The minimum absolute atomic E-state index is 0.0525. The van der Waals surface area contributed by atoms with Crippen molar-refractivity contribution in [1.82, 2.24) is 15.2 Å². The molecule has 236 valence electrons. The number of halogens is 7. The zero-order valence-electron chi connectivity index (χ0n) is 23.7. The molecule has 1 saturated carbocycles. The van der Waals surface area contributed by atoms with Crippen molar-refractivity contribution in [3.63, 3.8) is 0 Å². The van der Waals surface area contributed by atoms with Crippen LogP contribution in [0.15, 0.2) is 47.6 Å². The highest BCUT2D eigenvalue weighted by molar-refractivity contribution is 8.45. The summed E-state index contributed by atoms with van der Waals surface area (Å²) in [7, 11) is -10.1. The van der Waals surface area contributed by atoms with Gasteiger partial charge in [-0.05, 0) is 67.5 Å². The Hall–Kier alpha value is -3.54. The van der Waals surface area contributed by atoms with Crippen LogP contribution in [0.5, 0.6) is 0 Å². The normalized spacial score (nSPS) is 22.5. The van der Waals surface area contributed by atoms with E-state index < -0.39 is 69.2 Å². The molecule has 2 amide bonds. The van der Waals surface area contributed by atoms with Crippen LogP contribution < -0.4 is 10.2 Å². The third-order valence-corrected chi connectivity index (χ3v) is 9.04. The zero-order valence-corrected chi connectivity index (χ0v) is 24.5. The number of hydrogen-bond acceptors (Lipinski definition) is 5. The first-order valence-corrected chi connectivity index (χ1v) is 15.5. The van der Waals surface area contributed by atoms with Gasteiger partial charge in [-0.2, -0.15) is 5.26 Å². The Morgan fingerprint density at radius 2 is 1.70 bits per heavy atom. The van der Waals surface area contributed by atoms with Gasteiger partial charge in [-0.3, -0.25) is 24.4 Å². The number of pyridine rings is 1. The first kappa shape index (κ1) is 32.4. The molecule has 0 spiro atoms. The minimum Gasteiger partial charge on any atom is -0.351 e. The van der Waals surface area contributed by atoms with Gasteiger partial charge in [0.1, 0.15) is 17.0 Å². The molecule has 2 atom stereocenters. The number of likely N-dealkylation sites (tertiary alicyclic amines) is 1. The molecule has 1 saturated heterocycles. The second-order valence-corrected chi connectivity index (χ2v) is 14.5. The Bertz CT molecular complexity index is 1440. The Balaban J connectivity index is 1.84. The molecule has 1 aromatic carbocycles. The van der Waals surface area contributed by atoms with Crippen molar-refractivity contribution in [2.75, 3.05) is 11.4 Å². The molecule has 2 fully saturated rings. The predicted octanol–water partition coefficient (Wildman–Crippen LogP) is 7.40. The van der Waals surface area contributed by atoms with Crippen LogP contribution in [-0.2, 0) is 9.59 Å². The fourth-order valence-electron chi connectivity index (χ4n) is 5.65. The monoisotopic (exact) mass is 635 g/mol. The molecule has 1 aromatic heterocycles. The third kappa shape index (κ3) is 7.34. The molecule has 7 nitrogen and oxygen atoms in total. The molecular weight excluding hydrogens is 603 g/mol. The van der Waals surface area contributed by atoms with E-state index >= 15 is 0 Å². The number of aryl methyl sites for hydroxylation is 1. The van der Waals surface area contributed by atoms with E-state index in [2.05, 4.69) is 10.3 Å². The van der Waals surface area contributed by atoms with E-state index in [0.717, 1.165) is 4.90 Å². The summed E-state index contributed by atoms with van der Waals surface area (Å²) in [5.74, 6) is -4.54. The van der Waals surface area contributed by atoms with Crippen LogP contribution in [0.4, 0.5) is 33.9 Å². The smallest absolute Gasteiger partial charge is 0.310 e. The van der Waals surface area contributed by atoms with E-state index in [1.165, 1.54) is 23.4 Å². The van der Waals surface area contributed by atoms with E-state index in [0.29, 0.717) is 17.7 Å². The topological polar surface area (TPSA) is 89.3 Å². The van der Waals surface area contributed by atoms with Crippen molar-refractivity contribution in [2.24, 2.45) is 5.41 Å². The van der Waals surface area contributed by atoms with Gasteiger partial charge in [0.25, 0.3) is 5.91 Å². The van der Waals surface area contributed by atoms with Gasteiger partial charge in [-0.15, -0.1) is 0 Å². The maximum absolute atomic E-state index is 14.3. The van der Waals surface area contributed by atoms with Crippen LogP contribution in [0.25, 0.3) is 0 Å². The zero-order chi connectivity index (χ0) is 32.1. The number of nitrogens with one attached hydrogen (secondary N) is 1. The number of amides is 2. The first-order chi connectivity index (χ1) is 19.6. The molecule has 4 rings (SSSR count). The summed E-state index contributed by atoms with van der Waals surface area (Å²) >= 11 is 0. The summed E-state index contributed by atoms with van der Waals surface area (Å²) in [6.45, 7) is 5.41. The molecule has 1 unspecified atom stereocenters. The summed E-state index contributed by atoms with van der Waals surface area (Å²) in [6.07, 6.45) is 3.76. The Kier molecular flexibility index (Phi) is 7.74. The number of rotatable bonds is 7. The summed E-state index contributed by atoms with van der Waals surface area (Å²) in [5, 5.41) is 12.5. The quantitative estimate of drug-likeness (QED) is 0.253. The number of anilines is 1. The van der Waals surface area contributed by atoms with E-state index in [1.807, 2.05) is 20.0 Å². The van der Waals surface area contributed by atoms with E-state index in [1.54, 1.807) is 6.92 Å². The van der Waals surface area contributed by atoms with Gasteiger partial charge in [0.2, 0.25) is 11.8 Å². The van der Waals surface area contributed by atoms with Crippen LogP contribution in [0.2, 0.25) is 0 Å². The van der Waals surface area contributed by atoms with Crippen LogP contribution in [0.1, 0.15) is 63.1 Å². The number of nitriles is 1. The Labute approximate surface area is 244 Å². The number of benzene rings is 1. The van der Waals surface area contributed by atoms with Crippen LogP contribution in [-0.4, -0.2) is 46.2 Å². The number of alkyl halides is 2. The summed E-state index contributed by atoms with van der Waals surface area (Å²) in [6, 6.07) is -0.214. The van der Waals surface area contributed by atoms with Gasteiger partial charge in [0, 0.05) is 49.1 Å². The minimum atomic E-state index is -10.1. The number of nitrogens with zero attached hydrogens (tertiary/aromatic N) is 4. The molecule has 2 heterocycles.